The summed E-state index contributed by atoms with van der Waals surface area (Å²) in [7, 11) is 0. The van der Waals surface area contributed by atoms with Gasteiger partial charge in [-0.05, 0) is 70.8 Å². The van der Waals surface area contributed by atoms with Gasteiger partial charge in [0, 0.05) is 89.5 Å². The lowest BCUT2D eigenvalue weighted by molar-refractivity contribution is 1.07. The summed E-state index contributed by atoms with van der Waals surface area (Å²) in [5, 5.41) is 0. The number of hydrogen-bond acceptors (Lipinski definition) is 4. The maximum absolute atomic E-state index is 5.60. The lowest BCUT2D eigenvalue weighted by atomic mass is 9.94. The molecule has 0 N–H and O–H groups in total. The van der Waals surface area contributed by atoms with E-state index in [2.05, 4.69) is 479 Å². The van der Waals surface area contributed by atoms with Crippen molar-refractivity contribution in [3.05, 3.63) is 461 Å². The molecule has 20 rings (SSSR count). The van der Waals surface area contributed by atoms with E-state index >= 15 is 0 Å². The van der Waals surface area contributed by atoms with Crippen LogP contribution in [0.5, 0.6) is 0 Å². The minimum Gasteiger partial charge on any atom is -0.292 e. The summed E-state index contributed by atoms with van der Waals surface area (Å²) in [6.45, 7) is 0. The van der Waals surface area contributed by atoms with Gasteiger partial charge in [0.15, 0.2) is 0 Å². The van der Waals surface area contributed by atoms with Crippen LogP contribution in [0.2, 0.25) is 0 Å². The standard InChI is InChI=1S/2C54H38N4/c2*1-7-23-39(24-8-1)49-51(41-27-11-3-12-28-41)57(43-31-15-5-16-32-43)53(55-49)47-37-21-19-35-45(47)46-36-20-22-38-48(46)54-56-50(40-25-9-2-10-26-40)52(42-29-13-4-14-30-42)58(54)44-33-17-6-18-34-44/h2*1-38H. The van der Waals surface area contributed by atoms with E-state index in [0.29, 0.717) is 0 Å². The van der Waals surface area contributed by atoms with Crippen LogP contribution in [0.1, 0.15) is 0 Å². The minimum absolute atomic E-state index is 0.857. The molecular formula is C108H76N8. The van der Waals surface area contributed by atoms with Gasteiger partial charge in [-0.25, -0.2) is 19.9 Å². The highest BCUT2D eigenvalue weighted by Crippen LogP contribution is 2.49. The summed E-state index contributed by atoms with van der Waals surface area (Å²) in [6.07, 6.45) is 0. The predicted octanol–water partition coefficient (Wildman–Crippen LogP) is 27.5. The fourth-order valence-corrected chi connectivity index (χ4v) is 16.0. The van der Waals surface area contributed by atoms with E-state index < -0.39 is 0 Å². The average Bonchev–Trinajstić information content (AvgIpc) is 1.57. The molecule has 0 aliphatic heterocycles. The van der Waals surface area contributed by atoms with Crippen molar-refractivity contribution < 1.29 is 0 Å². The summed E-state index contributed by atoms with van der Waals surface area (Å²) in [6, 6.07) is 161. The molecule has 0 saturated carbocycles. The minimum atomic E-state index is 0.857. The van der Waals surface area contributed by atoms with Crippen molar-refractivity contribution in [2.24, 2.45) is 0 Å². The molecule has 116 heavy (non-hydrogen) atoms. The predicted molar refractivity (Wildman–Crippen MR) is 477 cm³/mol. The second-order valence-corrected chi connectivity index (χ2v) is 28.3. The summed E-state index contributed by atoms with van der Waals surface area (Å²) >= 11 is 0. The Labute approximate surface area is 675 Å². The SMILES string of the molecule is c1ccc(-c2nc(-c3ccccc3-c3ccccc3-c3nc(-c4ccccc4)c(-c4ccccc4)n3-c3ccccc3)n(-c3ccccc3)c2-c2ccccc2)cc1.c1ccc(-c2nc(-c3ccccc3-c3ccccc3-c3nc(-c4ccccc4)c(-c4ccccc4)n3-c3ccccc3)n(-c3ccccc3)c2-c2ccccc2)cc1. The fourth-order valence-electron chi connectivity index (χ4n) is 16.0. The van der Waals surface area contributed by atoms with Gasteiger partial charge < -0.3 is 0 Å². The Morgan fingerprint density at radius 3 is 0.414 bits per heavy atom. The molecule has 0 bridgehead atoms. The van der Waals surface area contributed by atoms with E-state index in [1.807, 2.05) is 0 Å². The molecule has 0 spiro atoms. The Hall–Kier alpha value is -15.6. The van der Waals surface area contributed by atoms with Crippen LogP contribution in [0.15, 0.2) is 461 Å². The number of benzene rings is 16. The van der Waals surface area contributed by atoms with Crippen molar-refractivity contribution in [3.63, 3.8) is 0 Å². The zero-order valence-electron chi connectivity index (χ0n) is 63.5. The summed E-state index contributed by atoms with van der Waals surface area (Å²) < 4.78 is 9.30. The molecule has 4 aromatic heterocycles. The molecule has 0 fully saturated rings. The van der Waals surface area contributed by atoms with Crippen LogP contribution in [-0.2, 0) is 0 Å². The lowest BCUT2D eigenvalue weighted by Gasteiger charge is -2.18. The van der Waals surface area contributed by atoms with Crippen LogP contribution >= 0.6 is 0 Å². The smallest absolute Gasteiger partial charge is 0.146 e. The van der Waals surface area contributed by atoms with E-state index in [1.165, 1.54) is 0 Å². The number of aromatic nitrogens is 8. The van der Waals surface area contributed by atoms with Crippen molar-refractivity contribution in [1.29, 1.82) is 0 Å². The van der Waals surface area contributed by atoms with Crippen molar-refractivity contribution in [2.75, 3.05) is 0 Å². The van der Waals surface area contributed by atoms with E-state index in [0.717, 1.165) is 181 Å². The van der Waals surface area contributed by atoms with Crippen LogP contribution < -0.4 is 0 Å². The molecule has 20 aromatic rings. The van der Waals surface area contributed by atoms with Crippen LogP contribution in [0.4, 0.5) is 0 Å². The number of nitrogens with zero attached hydrogens (tertiary/aromatic N) is 8. The topological polar surface area (TPSA) is 71.3 Å². The highest BCUT2D eigenvalue weighted by Gasteiger charge is 2.31. The molecule has 16 aromatic carbocycles. The first-order valence-electron chi connectivity index (χ1n) is 39.2. The quantitative estimate of drug-likeness (QED) is 0.0858. The van der Waals surface area contributed by atoms with Crippen molar-refractivity contribution in [1.82, 2.24) is 38.2 Å². The molecule has 0 saturated heterocycles. The molecule has 0 aliphatic carbocycles. The second kappa shape index (κ2) is 32.4. The van der Waals surface area contributed by atoms with Crippen LogP contribution in [0.3, 0.4) is 0 Å². The molecule has 0 aliphatic rings. The maximum Gasteiger partial charge on any atom is 0.146 e. The summed E-state index contributed by atoms with van der Waals surface area (Å²) in [5.41, 5.74) is 28.9. The molecule has 0 atom stereocenters. The van der Waals surface area contributed by atoms with Gasteiger partial charge in [0.05, 0.1) is 45.6 Å². The van der Waals surface area contributed by atoms with Crippen molar-refractivity contribution in [3.8, 4) is 181 Å². The maximum atomic E-state index is 5.60. The van der Waals surface area contributed by atoms with Crippen LogP contribution in [0, 0.1) is 0 Å². The Morgan fingerprint density at radius 1 is 0.121 bits per heavy atom. The van der Waals surface area contributed by atoms with Gasteiger partial charge in [0.25, 0.3) is 0 Å². The largest absolute Gasteiger partial charge is 0.292 e. The van der Waals surface area contributed by atoms with E-state index in [4.69, 9.17) is 19.9 Å². The van der Waals surface area contributed by atoms with Gasteiger partial charge in [-0.3, -0.25) is 18.3 Å². The van der Waals surface area contributed by atoms with E-state index in [9.17, 15) is 0 Å². The first-order chi connectivity index (χ1) is 57.7. The third kappa shape index (κ3) is 13.8. The molecule has 548 valence electrons. The normalized spacial score (nSPS) is 11.1. The third-order valence-electron chi connectivity index (χ3n) is 21.2. The molecular weight excluding hydrogens is 1410 g/mol. The zero-order valence-corrected chi connectivity index (χ0v) is 63.5. The highest BCUT2D eigenvalue weighted by molar-refractivity contribution is 5.97. The van der Waals surface area contributed by atoms with E-state index in [-0.39, 0.29) is 0 Å². The molecule has 0 radical (unpaired) electrons. The first-order valence-corrected chi connectivity index (χ1v) is 39.2. The highest BCUT2D eigenvalue weighted by atomic mass is 15.1. The van der Waals surface area contributed by atoms with Gasteiger partial charge >= 0.3 is 0 Å². The van der Waals surface area contributed by atoms with Gasteiger partial charge in [-0.2, -0.15) is 0 Å². The Bertz CT molecular complexity index is 5910. The number of para-hydroxylation sites is 4. The van der Waals surface area contributed by atoms with Gasteiger partial charge in [0.1, 0.15) is 23.3 Å². The second-order valence-electron chi connectivity index (χ2n) is 28.3. The molecule has 0 unspecified atom stereocenters. The fraction of sp³-hybridized carbons (Fsp3) is 0. The average molecular weight is 1490 g/mol. The molecule has 8 heteroatoms. The Kier molecular flexibility index (Phi) is 19.7. The first kappa shape index (κ1) is 70.7. The third-order valence-corrected chi connectivity index (χ3v) is 21.2. The van der Waals surface area contributed by atoms with Gasteiger partial charge in [0.2, 0.25) is 0 Å². The Morgan fingerprint density at radius 2 is 0.250 bits per heavy atom. The van der Waals surface area contributed by atoms with Crippen LogP contribution in [-0.4, -0.2) is 38.2 Å². The molecule has 8 nitrogen and oxygen atoms in total. The van der Waals surface area contributed by atoms with Crippen molar-refractivity contribution >= 4 is 0 Å². The van der Waals surface area contributed by atoms with Crippen LogP contribution in [0.25, 0.3) is 181 Å². The zero-order chi connectivity index (χ0) is 77.4. The lowest BCUT2D eigenvalue weighted by Crippen LogP contribution is -2.02. The Balaban J connectivity index is 0.000000155. The monoisotopic (exact) mass is 1480 g/mol. The van der Waals surface area contributed by atoms with Gasteiger partial charge in [-0.1, -0.05) is 413 Å². The van der Waals surface area contributed by atoms with Gasteiger partial charge in [-0.15, -0.1) is 0 Å². The van der Waals surface area contributed by atoms with E-state index in [1.54, 1.807) is 0 Å². The molecule has 0 amide bonds. The summed E-state index contributed by atoms with van der Waals surface area (Å²) in [4.78, 5) is 22.4. The summed E-state index contributed by atoms with van der Waals surface area (Å²) in [5.74, 6) is 3.43. The number of hydrogen-bond donors (Lipinski definition) is 0. The number of rotatable bonds is 18. The number of imidazole rings is 4. The van der Waals surface area contributed by atoms with Crippen molar-refractivity contribution in [2.45, 2.75) is 0 Å². The molecule has 4 heterocycles.